The molecule has 0 atom stereocenters. The highest BCUT2D eigenvalue weighted by atomic mass is 16.3. The Morgan fingerprint density at radius 3 is 2.07 bits per heavy atom. The molecule has 1 aromatic rings. The minimum absolute atomic E-state index is 0.392. The zero-order valence-electron chi connectivity index (χ0n) is 10.1. The molecule has 1 aromatic carbocycles. The summed E-state index contributed by atoms with van der Waals surface area (Å²) >= 11 is 0. The highest BCUT2D eigenvalue weighted by Gasteiger charge is 2.14. The Hall–Kier alpha value is -1.02. The molecule has 0 aromatic heterocycles. The summed E-state index contributed by atoms with van der Waals surface area (Å²) < 4.78 is 0. The Morgan fingerprint density at radius 1 is 1.07 bits per heavy atom. The third-order valence-electron chi connectivity index (χ3n) is 2.67. The molecule has 1 N–H and O–H groups in total. The lowest BCUT2D eigenvalue weighted by Crippen LogP contribution is -2.36. The van der Waals surface area contributed by atoms with Gasteiger partial charge in [-0.25, -0.2) is 0 Å². The zero-order chi connectivity index (χ0) is 11.4. The maximum atomic E-state index is 9.70. The molecule has 0 aliphatic carbocycles. The molecule has 0 fully saturated rings. The van der Waals surface area contributed by atoms with Crippen LogP contribution in [0, 0.1) is 0 Å². The summed E-state index contributed by atoms with van der Waals surface area (Å²) in [5, 5.41) is 9.70. The first-order valence-corrected chi connectivity index (χ1v) is 5.55. The Balaban J connectivity index is 2.79. The number of phenolic OH excluding ortho intramolecular Hbond substituents is 1. The summed E-state index contributed by atoms with van der Waals surface area (Å²) in [6.45, 7) is 9.53. The van der Waals surface area contributed by atoms with E-state index in [9.17, 15) is 5.11 Å². The second-order valence-electron chi connectivity index (χ2n) is 4.49. The fourth-order valence-electron chi connectivity index (χ4n) is 1.80. The first-order chi connectivity index (χ1) is 7.02. The lowest BCUT2D eigenvalue weighted by molar-refractivity contribution is 0.164. The number of hydrogen-bond acceptors (Lipinski definition) is 2. The van der Waals surface area contributed by atoms with Gasteiger partial charge in [0.05, 0.1) is 0 Å². The Labute approximate surface area is 92.5 Å². The van der Waals surface area contributed by atoms with Crippen LogP contribution in [0.15, 0.2) is 24.3 Å². The minimum atomic E-state index is 0.392. The molecule has 0 saturated carbocycles. The first-order valence-electron chi connectivity index (χ1n) is 5.55. The van der Waals surface area contributed by atoms with Crippen molar-refractivity contribution in [2.24, 2.45) is 0 Å². The van der Waals surface area contributed by atoms with Crippen molar-refractivity contribution in [3.8, 4) is 5.75 Å². The fraction of sp³-hybridized carbons (Fsp3) is 0.538. The molecule has 0 spiro atoms. The second kappa shape index (κ2) is 5.17. The molecule has 0 saturated heterocycles. The Morgan fingerprint density at radius 2 is 1.60 bits per heavy atom. The van der Waals surface area contributed by atoms with E-state index in [1.165, 1.54) is 0 Å². The van der Waals surface area contributed by atoms with Crippen LogP contribution in [-0.2, 0) is 6.54 Å². The maximum absolute atomic E-state index is 9.70. The average Bonchev–Trinajstić information content (AvgIpc) is 2.15. The molecule has 0 heterocycles. The number of benzene rings is 1. The molecule has 2 heteroatoms. The highest BCUT2D eigenvalue weighted by molar-refractivity contribution is 5.31. The van der Waals surface area contributed by atoms with E-state index in [0.717, 1.165) is 12.1 Å². The van der Waals surface area contributed by atoms with Gasteiger partial charge in [0.1, 0.15) is 5.75 Å². The summed E-state index contributed by atoms with van der Waals surface area (Å²) in [5.41, 5.74) is 1.000. The molecule has 0 radical (unpaired) electrons. The third-order valence-corrected chi connectivity index (χ3v) is 2.67. The third kappa shape index (κ3) is 3.24. The lowest BCUT2D eigenvalue weighted by atomic mass is 10.1. The maximum Gasteiger partial charge on any atom is 0.120 e. The topological polar surface area (TPSA) is 23.5 Å². The van der Waals surface area contributed by atoms with Crippen molar-refractivity contribution >= 4 is 0 Å². The van der Waals surface area contributed by atoms with E-state index in [1.807, 2.05) is 18.2 Å². The standard InChI is InChI=1S/C13H21NO/c1-10(2)14(11(3)4)9-12-7-5-6-8-13(12)15/h5-8,10-11,15H,9H2,1-4H3. The monoisotopic (exact) mass is 207 g/mol. The van der Waals surface area contributed by atoms with Crippen molar-refractivity contribution in [1.29, 1.82) is 0 Å². The van der Waals surface area contributed by atoms with Crippen molar-refractivity contribution in [1.82, 2.24) is 4.90 Å². The van der Waals surface area contributed by atoms with Crippen molar-refractivity contribution in [3.05, 3.63) is 29.8 Å². The van der Waals surface area contributed by atoms with Gasteiger partial charge in [-0.05, 0) is 33.8 Å². The van der Waals surface area contributed by atoms with E-state index in [1.54, 1.807) is 6.07 Å². The van der Waals surface area contributed by atoms with Gasteiger partial charge in [0.25, 0.3) is 0 Å². The molecule has 84 valence electrons. The summed E-state index contributed by atoms with van der Waals surface area (Å²) in [5.74, 6) is 0.392. The van der Waals surface area contributed by atoms with Gasteiger partial charge in [-0.3, -0.25) is 4.90 Å². The molecular weight excluding hydrogens is 186 g/mol. The highest BCUT2D eigenvalue weighted by Crippen LogP contribution is 2.20. The van der Waals surface area contributed by atoms with Gasteiger partial charge in [0, 0.05) is 24.2 Å². The predicted octanol–water partition coefficient (Wildman–Crippen LogP) is 3.01. The SMILES string of the molecule is CC(C)N(Cc1ccccc1O)C(C)C. The quantitative estimate of drug-likeness (QED) is 0.820. The van der Waals surface area contributed by atoms with Gasteiger partial charge in [-0.15, -0.1) is 0 Å². The molecule has 0 aliphatic heterocycles. The summed E-state index contributed by atoms with van der Waals surface area (Å²) in [7, 11) is 0. The van der Waals surface area contributed by atoms with Crippen LogP contribution in [0.4, 0.5) is 0 Å². The molecule has 0 amide bonds. The van der Waals surface area contributed by atoms with Crippen molar-refractivity contribution in [3.63, 3.8) is 0 Å². The van der Waals surface area contributed by atoms with Gasteiger partial charge in [-0.2, -0.15) is 0 Å². The molecular formula is C13H21NO. The largest absolute Gasteiger partial charge is 0.508 e. The van der Waals surface area contributed by atoms with Gasteiger partial charge in [0.2, 0.25) is 0 Å². The molecule has 0 aliphatic rings. The Kier molecular flexibility index (Phi) is 4.15. The van der Waals surface area contributed by atoms with Crippen LogP contribution in [0.5, 0.6) is 5.75 Å². The zero-order valence-corrected chi connectivity index (χ0v) is 10.1. The van der Waals surface area contributed by atoms with Crippen LogP contribution in [-0.4, -0.2) is 22.1 Å². The summed E-state index contributed by atoms with van der Waals surface area (Å²) in [6.07, 6.45) is 0. The van der Waals surface area contributed by atoms with E-state index in [4.69, 9.17) is 0 Å². The molecule has 15 heavy (non-hydrogen) atoms. The lowest BCUT2D eigenvalue weighted by Gasteiger charge is -2.30. The van der Waals surface area contributed by atoms with Crippen LogP contribution in [0.2, 0.25) is 0 Å². The number of nitrogens with zero attached hydrogens (tertiary/aromatic N) is 1. The van der Waals surface area contributed by atoms with E-state index in [0.29, 0.717) is 17.8 Å². The number of para-hydroxylation sites is 1. The van der Waals surface area contributed by atoms with Crippen molar-refractivity contribution in [2.75, 3.05) is 0 Å². The number of rotatable bonds is 4. The van der Waals surface area contributed by atoms with E-state index >= 15 is 0 Å². The predicted molar refractivity (Wildman–Crippen MR) is 63.9 cm³/mol. The molecule has 0 unspecified atom stereocenters. The van der Waals surface area contributed by atoms with E-state index in [2.05, 4.69) is 32.6 Å². The number of hydrogen-bond donors (Lipinski definition) is 1. The van der Waals surface area contributed by atoms with E-state index in [-0.39, 0.29) is 0 Å². The summed E-state index contributed by atoms with van der Waals surface area (Å²) in [6, 6.07) is 8.53. The minimum Gasteiger partial charge on any atom is -0.508 e. The second-order valence-corrected chi connectivity index (χ2v) is 4.49. The molecule has 0 bridgehead atoms. The van der Waals surface area contributed by atoms with Crippen LogP contribution in [0.3, 0.4) is 0 Å². The number of aromatic hydroxyl groups is 1. The van der Waals surface area contributed by atoms with Crippen LogP contribution in [0.25, 0.3) is 0 Å². The molecule has 1 rings (SSSR count). The van der Waals surface area contributed by atoms with E-state index < -0.39 is 0 Å². The van der Waals surface area contributed by atoms with Gasteiger partial charge in [-0.1, -0.05) is 18.2 Å². The van der Waals surface area contributed by atoms with Gasteiger partial charge in [0.15, 0.2) is 0 Å². The molecule has 2 nitrogen and oxygen atoms in total. The normalized spacial score (nSPS) is 11.7. The fourth-order valence-corrected chi connectivity index (χ4v) is 1.80. The smallest absolute Gasteiger partial charge is 0.120 e. The van der Waals surface area contributed by atoms with Crippen LogP contribution in [0.1, 0.15) is 33.3 Å². The van der Waals surface area contributed by atoms with Crippen LogP contribution >= 0.6 is 0 Å². The average molecular weight is 207 g/mol. The van der Waals surface area contributed by atoms with Gasteiger partial charge < -0.3 is 5.11 Å². The summed E-state index contributed by atoms with van der Waals surface area (Å²) in [4.78, 5) is 2.36. The van der Waals surface area contributed by atoms with Crippen molar-refractivity contribution < 1.29 is 5.11 Å². The number of phenols is 1. The van der Waals surface area contributed by atoms with Crippen molar-refractivity contribution in [2.45, 2.75) is 46.3 Å². The van der Waals surface area contributed by atoms with Gasteiger partial charge >= 0.3 is 0 Å². The van der Waals surface area contributed by atoms with Crippen LogP contribution < -0.4 is 0 Å². The first kappa shape index (κ1) is 12.1. The Bertz CT molecular complexity index is 299.